The maximum Gasteiger partial charge on any atom is 0.250 e. The zero-order valence-electron chi connectivity index (χ0n) is 11.2. The van der Waals surface area contributed by atoms with Crippen molar-refractivity contribution in [3.05, 3.63) is 23.8 Å². The highest BCUT2D eigenvalue weighted by Gasteiger charge is 2.12. The van der Waals surface area contributed by atoms with Crippen LogP contribution in [0.3, 0.4) is 0 Å². The molecule has 4 N–H and O–H groups in total. The summed E-state index contributed by atoms with van der Waals surface area (Å²) in [5.74, 6) is 0.989. The Morgan fingerprint density at radius 2 is 2.16 bits per heavy atom. The van der Waals surface area contributed by atoms with Gasteiger partial charge in [-0.05, 0) is 30.2 Å². The standard InChI is InChI=1S/C13H20N2O4/c1-18-10-3-4-12(19-2)9(7-10)5-6-15-13(17)11(16)8-14/h3-4,7,11,16H,5-6,8,14H2,1-2H3,(H,15,17). The number of carbonyl (C=O) groups is 1. The van der Waals surface area contributed by atoms with Crippen LogP contribution < -0.4 is 20.5 Å². The molecule has 0 aliphatic carbocycles. The normalized spacial score (nSPS) is 11.8. The summed E-state index contributed by atoms with van der Waals surface area (Å²) in [6.07, 6.45) is -0.587. The molecule has 1 aromatic carbocycles. The SMILES string of the molecule is COc1ccc(OC)c(CCNC(=O)C(O)CN)c1. The van der Waals surface area contributed by atoms with Gasteiger partial charge in [-0.2, -0.15) is 0 Å². The Balaban J connectivity index is 2.59. The van der Waals surface area contributed by atoms with E-state index in [0.29, 0.717) is 13.0 Å². The molecule has 0 aliphatic rings. The fourth-order valence-corrected chi connectivity index (χ4v) is 1.62. The molecule has 106 valence electrons. The lowest BCUT2D eigenvalue weighted by Gasteiger charge is -2.12. The van der Waals surface area contributed by atoms with E-state index >= 15 is 0 Å². The molecule has 1 amide bonds. The summed E-state index contributed by atoms with van der Waals surface area (Å²) in [5.41, 5.74) is 6.11. The largest absolute Gasteiger partial charge is 0.497 e. The van der Waals surface area contributed by atoms with Gasteiger partial charge in [0.1, 0.15) is 17.6 Å². The Morgan fingerprint density at radius 3 is 2.74 bits per heavy atom. The molecule has 0 spiro atoms. The summed E-state index contributed by atoms with van der Waals surface area (Å²) in [5, 5.41) is 11.8. The first-order valence-electron chi connectivity index (χ1n) is 5.99. The highest BCUT2D eigenvalue weighted by molar-refractivity contribution is 5.80. The zero-order chi connectivity index (χ0) is 14.3. The Kier molecular flexibility index (Phi) is 6.11. The van der Waals surface area contributed by atoms with E-state index in [-0.39, 0.29) is 6.54 Å². The lowest BCUT2D eigenvalue weighted by atomic mass is 10.1. The van der Waals surface area contributed by atoms with Gasteiger partial charge in [-0.15, -0.1) is 0 Å². The number of amides is 1. The molecule has 0 radical (unpaired) electrons. The van der Waals surface area contributed by atoms with Gasteiger partial charge >= 0.3 is 0 Å². The second-order valence-corrected chi connectivity index (χ2v) is 3.97. The third kappa shape index (κ3) is 4.42. The Bertz CT molecular complexity index is 423. The van der Waals surface area contributed by atoms with Crippen LogP contribution in [-0.4, -0.2) is 44.4 Å². The second-order valence-electron chi connectivity index (χ2n) is 3.97. The van der Waals surface area contributed by atoms with Crippen molar-refractivity contribution < 1.29 is 19.4 Å². The number of hydrogen-bond acceptors (Lipinski definition) is 5. The molecule has 6 heteroatoms. The van der Waals surface area contributed by atoms with Crippen LogP contribution in [0, 0.1) is 0 Å². The van der Waals surface area contributed by atoms with Crippen LogP contribution in [0.1, 0.15) is 5.56 Å². The summed E-state index contributed by atoms with van der Waals surface area (Å²) < 4.78 is 10.4. The van der Waals surface area contributed by atoms with E-state index < -0.39 is 12.0 Å². The molecule has 0 saturated carbocycles. The molecule has 1 atom stereocenters. The molecule has 0 aromatic heterocycles. The molecule has 0 aliphatic heterocycles. The second kappa shape index (κ2) is 7.60. The van der Waals surface area contributed by atoms with Crippen molar-refractivity contribution in [2.45, 2.75) is 12.5 Å². The first kappa shape index (κ1) is 15.3. The average Bonchev–Trinajstić information content (AvgIpc) is 2.45. The van der Waals surface area contributed by atoms with E-state index in [2.05, 4.69) is 5.32 Å². The number of hydrogen-bond donors (Lipinski definition) is 3. The van der Waals surface area contributed by atoms with Gasteiger partial charge in [-0.3, -0.25) is 4.79 Å². The van der Waals surface area contributed by atoms with Crippen molar-refractivity contribution in [3.63, 3.8) is 0 Å². The van der Waals surface area contributed by atoms with Crippen LogP contribution in [0.2, 0.25) is 0 Å². The maximum absolute atomic E-state index is 11.3. The van der Waals surface area contributed by atoms with Crippen LogP contribution in [0.5, 0.6) is 11.5 Å². The van der Waals surface area contributed by atoms with E-state index in [0.717, 1.165) is 17.1 Å². The molecule has 1 unspecified atom stereocenters. The van der Waals surface area contributed by atoms with E-state index in [4.69, 9.17) is 15.2 Å². The molecule has 6 nitrogen and oxygen atoms in total. The van der Waals surface area contributed by atoms with Crippen LogP contribution in [0.15, 0.2) is 18.2 Å². The fourth-order valence-electron chi connectivity index (χ4n) is 1.62. The number of methoxy groups -OCH3 is 2. The smallest absolute Gasteiger partial charge is 0.250 e. The van der Waals surface area contributed by atoms with Crippen LogP contribution >= 0.6 is 0 Å². The van der Waals surface area contributed by atoms with Gasteiger partial charge in [0.05, 0.1) is 14.2 Å². The fraction of sp³-hybridized carbons (Fsp3) is 0.462. The summed E-state index contributed by atoms with van der Waals surface area (Å²) in [6, 6.07) is 5.47. The van der Waals surface area contributed by atoms with Crippen molar-refractivity contribution in [1.82, 2.24) is 5.32 Å². The Morgan fingerprint density at radius 1 is 1.42 bits per heavy atom. The van der Waals surface area contributed by atoms with Crippen molar-refractivity contribution in [2.24, 2.45) is 5.73 Å². The molecular weight excluding hydrogens is 248 g/mol. The van der Waals surface area contributed by atoms with Crippen molar-refractivity contribution in [1.29, 1.82) is 0 Å². The first-order valence-corrected chi connectivity index (χ1v) is 5.99. The van der Waals surface area contributed by atoms with Gasteiger partial charge in [0.15, 0.2) is 0 Å². The predicted molar refractivity (Wildman–Crippen MR) is 71.3 cm³/mol. The number of nitrogens with one attached hydrogen (secondary N) is 1. The minimum absolute atomic E-state index is 0.0890. The summed E-state index contributed by atoms with van der Waals surface area (Å²) in [4.78, 5) is 11.3. The van der Waals surface area contributed by atoms with Gasteiger partial charge in [0.2, 0.25) is 5.91 Å². The Labute approximate surface area is 112 Å². The monoisotopic (exact) mass is 268 g/mol. The van der Waals surface area contributed by atoms with Gasteiger partial charge in [-0.25, -0.2) is 0 Å². The number of rotatable bonds is 7. The minimum atomic E-state index is -1.16. The summed E-state index contributed by atoms with van der Waals surface area (Å²) in [7, 11) is 3.17. The van der Waals surface area contributed by atoms with E-state index in [1.54, 1.807) is 20.3 Å². The summed E-state index contributed by atoms with van der Waals surface area (Å²) >= 11 is 0. The number of aliphatic hydroxyl groups excluding tert-OH is 1. The third-order valence-corrected chi connectivity index (χ3v) is 2.71. The predicted octanol–water partition coefficient (Wildman–Crippen LogP) is -0.318. The number of ether oxygens (including phenoxy) is 2. The zero-order valence-corrected chi connectivity index (χ0v) is 11.2. The number of aliphatic hydroxyl groups is 1. The Hall–Kier alpha value is -1.79. The number of nitrogens with two attached hydrogens (primary N) is 1. The highest BCUT2D eigenvalue weighted by atomic mass is 16.5. The number of carbonyl (C=O) groups excluding carboxylic acids is 1. The number of benzene rings is 1. The third-order valence-electron chi connectivity index (χ3n) is 2.71. The first-order chi connectivity index (χ1) is 9.12. The van der Waals surface area contributed by atoms with E-state index in [1.807, 2.05) is 12.1 Å². The van der Waals surface area contributed by atoms with Crippen molar-refractivity contribution >= 4 is 5.91 Å². The maximum atomic E-state index is 11.3. The molecule has 1 rings (SSSR count). The molecule has 0 fully saturated rings. The van der Waals surface area contributed by atoms with Gasteiger partial charge < -0.3 is 25.6 Å². The van der Waals surface area contributed by atoms with E-state index in [9.17, 15) is 9.90 Å². The quantitative estimate of drug-likeness (QED) is 0.630. The molecule has 0 bridgehead atoms. The summed E-state index contributed by atoms with van der Waals surface area (Å²) in [6.45, 7) is 0.299. The lowest BCUT2D eigenvalue weighted by Crippen LogP contribution is -2.40. The van der Waals surface area contributed by atoms with Crippen LogP contribution in [-0.2, 0) is 11.2 Å². The molecule has 1 aromatic rings. The van der Waals surface area contributed by atoms with E-state index in [1.165, 1.54) is 0 Å². The van der Waals surface area contributed by atoms with Gasteiger partial charge in [0.25, 0.3) is 0 Å². The highest BCUT2D eigenvalue weighted by Crippen LogP contribution is 2.24. The average molecular weight is 268 g/mol. The van der Waals surface area contributed by atoms with Crippen molar-refractivity contribution in [3.8, 4) is 11.5 Å². The van der Waals surface area contributed by atoms with Gasteiger partial charge in [0, 0.05) is 13.1 Å². The van der Waals surface area contributed by atoms with Crippen LogP contribution in [0.4, 0.5) is 0 Å². The van der Waals surface area contributed by atoms with Crippen molar-refractivity contribution in [2.75, 3.05) is 27.3 Å². The van der Waals surface area contributed by atoms with Crippen LogP contribution in [0.25, 0.3) is 0 Å². The topological polar surface area (TPSA) is 93.8 Å². The molecule has 0 saturated heterocycles. The lowest BCUT2D eigenvalue weighted by molar-refractivity contribution is -0.128. The molecule has 0 heterocycles. The van der Waals surface area contributed by atoms with Gasteiger partial charge in [-0.1, -0.05) is 0 Å². The minimum Gasteiger partial charge on any atom is -0.497 e. The molecular formula is C13H20N2O4. The molecule has 19 heavy (non-hydrogen) atoms.